The van der Waals surface area contributed by atoms with Gasteiger partial charge in [0, 0.05) is 63.5 Å². The average Bonchev–Trinajstić information content (AvgIpc) is 3.66. The van der Waals surface area contributed by atoms with Gasteiger partial charge in [0.05, 0.1) is 35.0 Å². The number of hydrogen-bond donors (Lipinski definition) is 0. The van der Waals surface area contributed by atoms with Gasteiger partial charge in [0.15, 0.2) is 5.82 Å². The molecule has 1 saturated carbocycles. The molecule has 0 N–H and O–H groups in total. The Hall–Kier alpha value is -3.39. The molecular weight excluding hydrogens is 505 g/mol. The van der Waals surface area contributed by atoms with Crippen LogP contribution in [0, 0.1) is 5.92 Å². The zero-order chi connectivity index (χ0) is 27.4. The van der Waals surface area contributed by atoms with Crippen LogP contribution in [0.15, 0.2) is 36.4 Å². The summed E-state index contributed by atoms with van der Waals surface area (Å²) >= 11 is 0. The Labute approximate surface area is 234 Å². The van der Waals surface area contributed by atoms with Crippen molar-refractivity contribution in [1.82, 2.24) is 19.0 Å². The first kappa shape index (κ1) is 25.6. The number of piperidine rings is 1. The smallest absolute Gasteiger partial charge is 0.254 e. The molecular formula is C32H38FN5O2. The maximum atomic E-state index is 13.2. The number of rotatable bonds is 8. The van der Waals surface area contributed by atoms with Crippen LogP contribution in [0.25, 0.3) is 33.5 Å². The lowest BCUT2D eigenvalue weighted by Crippen LogP contribution is -2.38. The molecule has 1 saturated heterocycles. The molecule has 2 aromatic carbocycles. The number of aromatic nitrogens is 3. The minimum absolute atomic E-state index is 0.00582. The predicted molar refractivity (Wildman–Crippen MR) is 157 cm³/mol. The summed E-state index contributed by atoms with van der Waals surface area (Å²) < 4.78 is 23.0. The fourth-order valence-electron chi connectivity index (χ4n) is 6.64. The van der Waals surface area contributed by atoms with Gasteiger partial charge in [-0.1, -0.05) is 6.07 Å². The lowest BCUT2D eigenvalue weighted by Gasteiger charge is -2.33. The molecule has 0 unspecified atom stereocenters. The van der Waals surface area contributed by atoms with Crippen LogP contribution in [0.1, 0.15) is 48.0 Å². The molecule has 4 heterocycles. The molecule has 4 aromatic rings. The van der Waals surface area contributed by atoms with Gasteiger partial charge in [0.2, 0.25) is 0 Å². The number of imidazole rings is 1. The third kappa shape index (κ3) is 4.46. The highest BCUT2D eigenvalue weighted by atomic mass is 19.1. The van der Waals surface area contributed by atoms with Crippen LogP contribution in [0.2, 0.25) is 0 Å². The van der Waals surface area contributed by atoms with Crippen LogP contribution in [0.5, 0.6) is 0 Å². The third-order valence-electron chi connectivity index (χ3n) is 9.23. The van der Waals surface area contributed by atoms with Crippen LogP contribution in [0.3, 0.4) is 0 Å². The van der Waals surface area contributed by atoms with Crippen LogP contribution in [-0.4, -0.2) is 71.0 Å². The molecule has 210 valence electrons. The molecule has 1 aliphatic carbocycles. The van der Waals surface area contributed by atoms with E-state index in [9.17, 15) is 9.18 Å². The third-order valence-corrected chi connectivity index (χ3v) is 9.23. The van der Waals surface area contributed by atoms with Gasteiger partial charge in [0.1, 0.15) is 0 Å². The standard InChI is InChI=1S/C32H38FN5O2/c1-35-29-16-22-8-13-37(12-3-11-33)32(39)26(22)19-27(29)34-31(35)30-17-23-6-7-24(36-14-9-25(40-2)10-15-36)18-28(23)38(30)20-21-4-5-21/h6-7,16-19,21,25H,3-5,8-15,20H2,1-2H3. The van der Waals surface area contributed by atoms with E-state index in [-0.39, 0.29) is 5.91 Å². The fraction of sp³-hybridized carbons (Fsp3) is 0.500. The summed E-state index contributed by atoms with van der Waals surface area (Å²) in [4.78, 5) is 22.6. The number of fused-ring (bicyclic) bond motifs is 3. The molecule has 7 nitrogen and oxygen atoms in total. The van der Waals surface area contributed by atoms with Gasteiger partial charge in [0.25, 0.3) is 5.91 Å². The number of carbonyl (C=O) groups excluding carboxylic acids is 1. The second-order valence-corrected chi connectivity index (χ2v) is 11.8. The lowest BCUT2D eigenvalue weighted by atomic mass is 9.98. The first-order chi connectivity index (χ1) is 19.5. The van der Waals surface area contributed by atoms with E-state index in [1.165, 1.54) is 29.4 Å². The zero-order valence-corrected chi connectivity index (χ0v) is 23.5. The van der Waals surface area contributed by atoms with Crippen molar-refractivity contribution in [2.45, 2.75) is 51.2 Å². The lowest BCUT2D eigenvalue weighted by molar-refractivity contribution is 0.0735. The van der Waals surface area contributed by atoms with Gasteiger partial charge >= 0.3 is 0 Å². The number of amides is 1. The van der Waals surface area contributed by atoms with Crippen molar-refractivity contribution < 1.29 is 13.9 Å². The average molecular weight is 544 g/mol. The van der Waals surface area contributed by atoms with Gasteiger partial charge in [-0.25, -0.2) is 4.98 Å². The number of halogens is 1. The first-order valence-corrected chi connectivity index (χ1v) is 14.8. The SMILES string of the molecule is COC1CCN(c2ccc3cc(-c4nc5cc6c(cc5n4C)CCN(CCCF)C6=O)n(CC4CC4)c3c2)CC1. The number of alkyl halides is 1. The number of nitrogens with zero attached hydrogens (tertiary/aromatic N) is 5. The van der Waals surface area contributed by atoms with E-state index in [1.54, 1.807) is 4.90 Å². The highest BCUT2D eigenvalue weighted by Gasteiger charge is 2.28. The Morgan fingerprint density at radius 3 is 2.60 bits per heavy atom. The molecule has 0 spiro atoms. The summed E-state index contributed by atoms with van der Waals surface area (Å²) in [6.07, 6.45) is 6.21. The maximum Gasteiger partial charge on any atom is 0.254 e. The normalized spacial score (nSPS) is 18.3. The van der Waals surface area contributed by atoms with Crippen molar-refractivity contribution in [1.29, 1.82) is 0 Å². The second-order valence-electron chi connectivity index (χ2n) is 11.8. The molecule has 40 heavy (non-hydrogen) atoms. The number of ether oxygens (including phenoxy) is 1. The van der Waals surface area contributed by atoms with E-state index in [1.807, 2.05) is 13.2 Å². The quantitative estimate of drug-likeness (QED) is 0.291. The van der Waals surface area contributed by atoms with Crippen molar-refractivity contribution in [3.8, 4) is 11.5 Å². The Morgan fingerprint density at radius 2 is 1.85 bits per heavy atom. The Morgan fingerprint density at radius 1 is 1.02 bits per heavy atom. The van der Waals surface area contributed by atoms with Crippen molar-refractivity contribution in [3.05, 3.63) is 47.5 Å². The zero-order valence-electron chi connectivity index (χ0n) is 23.5. The van der Waals surface area contributed by atoms with E-state index in [0.29, 0.717) is 37.1 Å². The van der Waals surface area contributed by atoms with E-state index < -0.39 is 6.67 Å². The van der Waals surface area contributed by atoms with Gasteiger partial charge in [-0.05, 0) is 80.3 Å². The molecule has 2 aliphatic heterocycles. The molecule has 1 amide bonds. The number of hydrogen-bond acceptors (Lipinski definition) is 4. The van der Waals surface area contributed by atoms with E-state index in [0.717, 1.165) is 67.0 Å². The maximum absolute atomic E-state index is 13.2. The van der Waals surface area contributed by atoms with Crippen LogP contribution in [0.4, 0.5) is 10.1 Å². The van der Waals surface area contributed by atoms with E-state index in [4.69, 9.17) is 9.72 Å². The van der Waals surface area contributed by atoms with Gasteiger partial charge in [-0.3, -0.25) is 9.18 Å². The second kappa shape index (κ2) is 10.2. The summed E-state index contributed by atoms with van der Waals surface area (Å²) in [5.41, 5.74) is 7.32. The van der Waals surface area contributed by atoms with Crippen molar-refractivity contribution in [3.63, 3.8) is 0 Å². The Kier molecular flexibility index (Phi) is 6.53. The summed E-state index contributed by atoms with van der Waals surface area (Å²) in [7, 11) is 3.90. The summed E-state index contributed by atoms with van der Waals surface area (Å²) in [5.74, 6) is 1.64. The molecule has 0 bridgehead atoms. The number of benzene rings is 2. The molecule has 8 heteroatoms. The van der Waals surface area contributed by atoms with Crippen LogP contribution >= 0.6 is 0 Å². The van der Waals surface area contributed by atoms with E-state index in [2.05, 4.69) is 51.4 Å². The van der Waals surface area contributed by atoms with Crippen LogP contribution in [-0.2, 0) is 24.8 Å². The van der Waals surface area contributed by atoms with Crippen LogP contribution < -0.4 is 4.90 Å². The van der Waals surface area contributed by atoms with Crippen molar-refractivity contribution in [2.75, 3.05) is 44.9 Å². The monoisotopic (exact) mass is 543 g/mol. The largest absolute Gasteiger partial charge is 0.381 e. The summed E-state index contributed by atoms with van der Waals surface area (Å²) in [6.45, 7) is 3.73. The minimum Gasteiger partial charge on any atom is -0.381 e. The minimum atomic E-state index is -0.401. The molecule has 2 aromatic heterocycles. The molecule has 7 rings (SSSR count). The number of methoxy groups -OCH3 is 1. The molecule has 0 radical (unpaired) electrons. The van der Waals surface area contributed by atoms with Crippen molar-refractivity contribution in [2.24, 2.45) is 13.0 Å². The molecule has 0 atom stereocenters. The highest BCUT2D eigenvalue weighted by molar-refractivity contribution is 6.00. The predicted octanol–water partition coefficient (Wildman–Crippen LogP) is 5.58. The van der Waals surface area contributed by atoms with Gasteiger partial charge < -0.3 is 23.7 Å². The first-order valence-electron chi connectivity index (χ1n) is 14.8. The topological polar surface area (TPSA) is 55.5 Å². The van der Waals surface area contributed by atoms with Crippen molar-refractivity contribution >= 4 is 33.5 Å². The number of aryl methyl sites for hydroxylation is 1. The number of anilines is 1. The Bertz CT molecular complexity index is 1580. The summed E-state index contributed by atoms with van der Waals surface area (Å²) in [6, 6.07) is 13.2. The van der Waals surface area contributed by atoms with Gasteiger partial charge in [-0.15, -0.1) is 0 Å². The number of carbonyl (C=O) groups is 1. The fourth-order valence-corrected chi connectivity index (χ4v) is 6.64. The Balaban J connectivity index is 1.28. The summed E-state index contributed by atoms with van der Waals surface area (Å²) in [5, 5.41) is 1.23. The highest BCUT2D eigenvalue weighted by Crippen LogP contribution is 2.38. The molecule has 2 fully saturated rings. The van der Waals surface area contributed by atoms with Gasteiger partial charge in [-0.2, -0.15) is 0 Å². The van der Waals surface area contributed by atoms with E-state index >= 15 is 0 Å². The molecule has 3 aliphatic rings.